The maximum Gasteiger partial charge on any atom is 0.216 e. The summed E-state index contributed by atoms with van der Waals surface area (Å²) in [6, 6.07) is 13.7. The van der Waals surface area contributed by atoms with Crippen molar-refractivity contribution in [2.45, 2.75) is 19.9 Å². The predicted molar refractivity (Wildman–Crippen MR) is 103 cm³/mol. The zero-order chi connectivity index (χ0) is 18.8. The smallest absolute Gasteiger partial charge is 0.216 e. The van der Waals surface area contributed by atoms with Gasteiger partial charge in [0.05, 0.1) is 18.4 Å². The number of hydrogen-bond acceptors (Lipinski definition) is 6. The van der Waals surface area contributed by atoms with E-state index < -0.39 is 0 Å². The van der Waals surface area contributed by atoms with Crippen LogP contribution in [0.25, 0.3) is 17.0 Å². The van der Waals surface area contributed by atoms with Crippen LogP contribution in [0.2, 0.25) is 0 Å². The Morgan fingerprint density at radius 3 is 2.59 bits per heavy atom. The summed E-state index contributed by atoms with van der Waals surface area (Å²) in [4.78, 5) is 0. The van der Waals surface area contributed by atoms with E-state index in [4.69, 9.17) is 4.74 Å². The van der Waals surface area contributed by atoms with Crippen molar-refractivity contribution in [3.8, 4) is 17.3 Å². The molecule has 4 rings (SSSR count). The molecule has 0 saturated carbocycles. The predicted octanol–water partition coefficient (Wildman–Crippen LogP) is 2.71. The van der Waals surface area contributed by atoms with Gasteiger partial charge in [-0.1, -0.05) is 37.3 Å². The van der Waals surface area contributed by atoms with Crippen LogP contribution in [-0.4, -0.2) is 36.7 Å². The van der Waals surface area contributed by atoms with Gasteiger partial charge in [0.15, 0.2) is 11.5 Å². The molecule has 0 saturated heterocycles. The molecule has 0 amide bonds. The first kappa shape index (κ1) is 17.0. The molecule has 0 aliphatic heterocycles. The van der Waals surface area contributed by atoms with Gasteiger partial charge in [0, 0.05) is 19.2 Å². The number of nitrogens with one attached hydrogen (secondary N) is 1. The van der Waals surface area contributed by atoms with E-state index in [-0.39, 0.29) is 0 Å². The zero-order valence-corrected chi connectivity index (χ0v) is 15.5. The Bertz CT molecular complexity index is 1070. The minimum Gasteiger partial charge on any atom is -0.481 e. The molecule has 0 atom stereocenters. The van der Waals surface area contributed by atoms with Crippen molar-refractivity contribution in [2.75, 3.05) is 12.4 Å². The lowest BCUT2D eigenvalue weighted by Gasteiger charge is -2.08. The third kappa shape index (κ3) is 3.10. The summed E-state index contributed by atoms with van der Waals surface area (Å²) in [5.41, 5.74) is 3.72. The highest BCUT2D eigenvalue weighted by atomic mass is 16.5. The molecule has 27 heavy (non-hydrogen) atoms. The fourth-order valence-electron chi connectivity index (χ4n) is 3.15. The van der Waals surface area contributed by atoms with Crippen molar-refractivity contribution >= 4 is 11.5 Å². The first-order valence-corrected chi connectivity index (χ1v) is 8.81. The SMILES string of the molecule is CCc1nn(C)c(OC)c1CNc1ccc2nnc(-c3ccccc3)n2n1. The lowest BCUT2D eigenvalue weighted by Crippen LogP contribution is -2.07. The standard InChI is InChI=1S/C19H21N7O/c1-4-15-14(19(27-3)25(2)23-15)12-20-16-10-11-17-21-22-18(26(17)24-16)13-8-6-5-7-9-13/h5-11H,4,12H2,1-3H3,(H,20,24). The molecule has 0 spiro atoms. The molecule has 138 valence electrons. The Morgan fingerprint density at radius 1 is 1.04 bits per heavy atom. The van der Waals surface area contributed by atoms with Gasteiger partial charge >= 0.3 is 0 Å². The fraction of sp³-hybridized carbons (Fsp3) is 0.263. The second-order valence-electron chi connectivity index (χ2n) is 6.14. The van der Waals surface area contributed by atoms with Crippen LogP contribution in [0, 0.1) is 0 Å². The molecule has 4 aromatic rings. The summed E-state index contributed by atoms with van der Waals surface area (Å²) >= 11 is 0. The van der Waals surface area contributed by atoms with E-state index in [9.17, 15) is 0 Å². The number of hydrogen-bond donors (Lipinski definition) is 1. The first-order valence-electron chi connectivity index (χ1n) is 8.81. The Kier molecular flexibility index (Phi) is 4.45. The molecule has 8 nitrogen and oxygen atoms in total. The molecule has 0 aliphatic carbocycles. The average molecular weight is 363 g/mol. The van der Waals surface area contributed by atoms with E-state index in [0.717, 1.165) is 34.9 Å². The number of nitrogens with zero attached hydrogens (tertiary/aromatic N) is 6. The zero-order valence-electron chi connectivity index (χ0n) is 15.5. The second kappa shape index (κ2) is 7.06. The molecule has 3 heterocycles. The van der Waals surface area contributed by atoms with Crippen LogP contribution < -0.4 is 10.1 Å². The number of fused-ring (bicyclic) bond motifs is 1. The number of ether oxygens (including phenoxy) is 1. The third-order valence-electron chi connectivity index (χ3n) is 4.44. The van der Waals surface area contributed by atoms with E-state index in [0.29, 0.717) is 18.0 Å². The molecule has 0 fully saturated rings. The quantitative estimate of drug-likeness (QED) is 0.567. The van der Waals surface area contributed by atoms with Gasteiger partial charge in [-0.25, -0.2) is 4.68 Å². The van der Waals surface area contributed by atoms with Crippen LogP contribution in [-0.2, 0) is 20.0 Å². The molecule has 0 radical (unpaired) electrons. The number of aromatic nitrogens is 6. The van der Waals surface area contributed by atoms with Crippen LogP contribution in [0.15, 0.2) is 42.5 Å². The highest BCUT2D eigenvalue weighted by Crippen LogP contribution is 2.23. The summed E-state index contributed by atoms with van der Waals surface area (Å²) < 4.78 is 9.01. The highest BCUT2D eigenvalue weighted by Gasteiger charge is 2.16. The van der Waals surface area contributed by atoms with Crippen molar-refractivity contribution in [3.05, 3.63) is 53.7 Å². The lowest BCUT2D eigenvalue weighted by atomic mass is 10.2. The van der Waals surface area contributed by atoms with Crippen LogP contribution in [0.3, 0.4) is 0 Å². The monoisotopic (exact) mass is 363 g/mol. The number of methoxy groups -OCH3 is 1. The molecule has 1 N–H and O–H groups in total. The first-order chi connectivity index (χ1) is 13.2. The second-order valence-corrected chi connectivity index (χ2v) is 6.14. The summed E-state index contributed by atoms with van der Waals surface area (Å²) in [5.74, 6) is 2.20. The normalized spacial score (nSPS) is 11.1. The minimum atomic E-state index is 0.571. The van der Waals surface area contributed by atoms with Gasteiger partial charge in [-0.3, -0.25) is 0 Å². The van der Waals surface area contributed by atoms with Gasteiger partial charge in [0.1, 0.15) is 5.82 Å². The molecule has 1 aromatic carbocycles. The van der Waals surface area contributed by atoms with Crippen molar-refractivity contribution in [1.82, 2.24) is 29.6 Å². The fourth-order valence-corrected chi connectivity index (χ4v) is 3.15. The number of anilines is 1. The van der Waals surface area contributed by atoms with Gasteiger partial charge < -0.3 is 10.1 Å². The minimum absolute atomic E-state index is 0.571. The third-order valence-corrected chi connectivity index (χ3v) is 4.44. The molecule has 8 heteroatoms. The van der Waals surface area contributed by atoms with Crippen molar-refractivity contribution in [1.29, 1.82) is 0 Å². The average Bonchev–Trinajstić information content (AvgIpc) is 3.26. The Labute approximate surface area is 156 Å². The molecule has 0 aliphatic rings. The van der Waals surface area contributed by atoms with Crippen LogP contribution in [0.5, 0.6) is 5.88 Å². The van der Waals surface area contributed by atoms with Crippen LogP contribution >= 0.6 is 0 Å². The summed E-state index contributed by atoms with van der Waals surface area (Å²) in [6.45, 7) is 2.65. The van der Waals surface area contributed by atoms with Gasteiger partial charge in [0.2, 0.25) is 5.88 Å². The van der Waals surface area contributed by atoms with E-state index >= 15 is 0 Å². The summed E-state index contributed by atoms with van der Waals surface area (Å²) in [7, 11) is 3.54. The molecule has 0 unspecified atom stereocenters. The Hall–Kier alpha value is -3.42. The van der Waals surface area contributed by atoms with Crippen molar-refractivity contribution in [2.24, 2.45) is 7.05 Å². The van der Waals surface area contributed by atoms with E-state index in [1.807, 2.05) is 49.5 Å². The van der Waals surface area contributed by atoms with E-state index in [1.165, 1.54) is 0 Å². The Balaban J connectivity index is 1.64. The maximum atomic E-state index is 5.50. The summed E-state index contributed by atoms with van der Waals surface area (Å²) in [5, 5.41) is 21.0. The van der Waals surface area contributed by atoms with Gasteiger partial charge in [-0.15, -0.1) is 15.3 Å². The molecular formula is C19H21N7O. The molecule has 0 bridgehead atoms. The number of benzene rings is 1. The molecule has 3 aromatic heterocycles. The molecular weight excluding hydrogens is 342 g/mol. The van der Waals surface area contributed by atoms with E-state index in [1.54, 1.807) is 16.3 Å². The lowest BCUT2D eigenvalue weighted by molar-refractivity contribution is 0.369. The van der Waals surface area contributed by atoms with Gasteiger partial charge in [-0.05, 0) is 18.6 Å². The highest BCUT2D eigenvalue weighted by molar-refractivity contribution is 5.59. The Morgan fingerprint density at radius 2 is 1.85 bits per heavy atom. The topological polar surface area (TPSA) is 82.2 Å². The van der Waals surface area contributed by atoms with E-state index in [2.05, 4.69) is 32.6 Å². The maximum absolute atomic E-state index is 5.50. The van der Waals surface area contributed by atoms with Gasteiger partial charge in [-0.2, -0.15) is 9.61 Å². The largest absolute Gasteiger partial charge is 0.481 e. The van der Waals surface area contributed by atoms with Gasteiger partial charge in [0.25, 0.3) is 0 Å². The van der Waals surface area contributed by atoms with Crippen LogP contribution in [0.1, 0.15) is 18.2 Å². The van der Waals surface area contributed by atoms with Crippen LogP contribution in [0.4, 0.5) is 5.82 Å². The summed E-state index contributed by atoms with van der Waals surface area (Å²) in [6.07, 6.45) is 0.838. The number of aryl methyl sites for hydroxylation is 2. The van der Waals surface area contributed by atoms with Crippen molar-refractivity contribution < 1.29 is 4.74 Å². The number of rotatable bonds is 6. The van der Waals surface area contributed by atoms with Crippen molar-refractivity contribution in [3.63, 3.8) is 0 Å².